The molecule has 0 atom stereocenters. The van der Waals surface area contributed by atoms with Crippen LogP contribution in [-0.4, -0.2) is 39.8 Å². The van der Waals surface area contributed by atoms with Crippen LogP contribution in [-0.2, 0) is 16.6 Å². The first-order valence-electron chi connectivity index (χ1n) is 9.18. The van der Waals surface area contributed by atoms with Crippen molar-refractivity contribution in [2.45, 2.75) is 38.5 Å². The van der Waals surface area contributed by atoms with Crippen molar-refractivity contribution in [3.63, 3.8) is 0 Å². The van der Waals surface area contributed by atoms with E-state index in [-0.39, 0.29) is 11.8 Å². The van der Waals surface area contributed by atoms with Gasteiger partial charge >= 0.3 is 0 Å². The van der Waals surface area contributed by atoms with Crippen molar-refractivity contribution in [2.75, 3.05) is 18.4 Å². The summed E-state index contributed by atoms with van der Waals surface area (Å²) in [5, 5.41) is 2.89. The fraction of sp³-hybridized carbons (Fsp3) is 0.450. The number of rotatable bonds is 3. The van der Waals surface area contributed by atoms with Crippen molar-refractivity contribution in [2.24, 2.45) is 5.92 Å². The van der Waals surface area contributed by atoms with Crippen LogP contribution in [0.25, 0.3) is 0 Å². The predicted molar refractivity (Wildman–Crippen MR) is 99.0 cm³/mol. The number of amides is 2. The van der Waals surface area contributed by atoms with Crippen LogP contribution in [0, 0.1) is 5.92 Å². The van der Waals surface area contributed by atoms with Crippen molar-refractivity contribution in [1.82, 2.24) is 14.9 Å². The molecule has 1 aromatic heterocycles. The van der Waals surface area contributed by atoms with Gasteiger partial charge in [0.15, 0.2) is 0 Å². The minimum atomic E-state index is -0.596. The molecular formula is C20H24N4O2. The number of carbonyl (C=O) groups excluding carboxylic acids is 2. The fourth-order valence-electron chi connectivity index (χ4n) is 3.91. The molecule has 2 amide bonds. The van der Waals surface area contributed by atoms with Gasteiger partial charge < -0.3 is 15.2 Å². The monoisotopic (exact) mass is 352 g/mol. The SMILES string of the molecule is CC1(C)C(=O)Nc2ccc(C(=O)N3CCC(Cc4ncc[nH]4)CC3)cc21. The number of aromatic amines is 1. The Morgan fingerprint density at radius 1 is 1.31 bits per heavy atom. The van der Waals surface area contributed by atoms with Crippen LogP contribution in [0.3, 0.4) is 0 Å². The minimum Gasteiger partial charge on any atom is -0.349 e. The highest BCUT2D eigenvalue weighted by molar-refractivity contribution is 6.07. The lowest BCUT2D eigenvalue weighted by molar-refractivity contribution is -0.119. The molecule has 1 fully saturated rings. The summed E-state index contributed by atoms with van der Waals surface area (Å²) in [7, 11) is 0. The number of likely N-dealkylation sites (tertiary alicyclic amines) is 1. The number of hydrogen-bond acceptors (Lipinski definition) is 3. The largest absolute Gasteiger partial charge is 0.349 e. The van der Waals surface area contributed by atoms with E-state index in [0.29, 0.717) is 11.5 Å². The third-order valence-electron chi connectivity index (χ3n) is 5.69. The van der Waals surface area contributed by atoms with Crippen molar-refractivity contribution in [1.29, 1.82) is 0 Å². The van der Waals surface area contributed by atoms with E-state index in [4.69, 9.17) is 0 Å². The van der Waals surface area contributed by atoms with E-state index >= 15 is 0 Å². The van der Waals surface area contributed by atoms with E-state index in [0.717, 1.165) is 49.4 Å². The lowest BCUT2D eigenvalue weighted by Crippen LogP contribution is -2.39. The van der Waals surface area contributed by atoms with Gasteiger partial charge in [0.1, 0.15) is 5.82 Å². The number of nitrogens with one attached hydrogen (secondary N) is 2. The molecule has 2 aromatic rings. The molecule has 3 heterocycles. The van der Waals surface area contributed by atoms with Gasteiger partial charge in [-0.2, -0.15) is 0 Å². The van der Waals surface area contributed by atoms with Crippen LogP contribution >= 0.6 is 0 Å². The number of hydrogen-bond donors (Lipinski definition) is 2. The molecule has 26 heavy (non-hydrogen) atoms. The van der Waals surface area contributed by atoms with Gasteiger partial charge in [-0.05, 0) is 56.4 Å². The molecular weight excluding hydrogens is 328 g/mol. The zero-order valence-electron chi connectivity index (χ0n) is 15.2. The van der Waals surface area contributed by atoms with Crippen molar-refractivity contribution < 1.29 is 9.59 Å². The number of piperidine rings is 1. The summed E-state index contributed by atoms with van der Waals surface area (Å²) in [6, 6.07) is 5.54. The Labute approximate surface area is 153 Å². The normalized spacial score (nSPS) is 19.3. The summed E-state index contributed by atoms with van der Waals surface area (Å²) < 4.78 is 0. The Morgan fingerprint density at radius 3 is 2.77 bits per heavy atom. The first-order valence-corrected chi connectivity index (χ1v) is 9.18. The Balaban J connectivity index is 1.43. The van der Waals surface area contributed by atoms with Crippen LogP contribution in [0.4, 0.5) is 5.69 Å². The Hall–Kier alpha value is -2.63. The van der Waals surface area contributed by atoms with Crippen LogP contribution in [0.2, 0.25) is 0 Å². The van der Waals surface area contributed by atoms with Crippen LogP contribution < -0.4 is 5.32 Å². The van der Waals surface area contributed by atoms with Gasteiger partial charge in [-0.3, -0.25) is 9.59 Å². The van der Waals surface area contributed by atoms with Crippen molar-refractivity contribution >= 4 is 17.5 Å². The molecule has 0 spiro atoms. The Morgan fingerprint density at radius 2 is 2.08 bits per heavy atom. The first-order chi connectivity index (χ1) is 12.4. The number of benzene rings is 1. The van der Waals surface area contributed by atoms with E-state index in [1.54, 1.807) is 6.20 Å². The second kappa shape index (κ2) is 6.27. The summed E-state index contributed by atoms with van der Waals surface area (Å²) in [4.78, 5) is 34.4. The smallest absolute Gasteiger partial charge is 0.253 e. The minimum absolute atomic E-state index is 0.0177. The van der Waals surface area contributed by atoms with Gasteiger partial charge in [0.25, 0.3) is 5.91 Å². The summed E-state index contributed by atoms with van der Waals surface area (Å²) >= 11 is 0. The van der Waals surface area contributed by atoms with Gasteiger partial charge in [-0.25, -0.2) is 4.98 Å². The highest BCUT2D eigenvalue weighted by Gasteiger charge is 2.39. The molecule has 136 valence electrons. The number of imidazole rings is 1. The fourth-order valence-corrected chi connectivity index (χ4v) is 3.91. The molecule has 0 aliphatic carbocycles. The van der Waals surface area contributed by atoms with Crippen LogP contribution in [0.15, 0.2) is 30.6 Å². The second-order valence-electron chi connectivity index (χ2n) is 7.82. The Bertz CT molecular complexity index is 834. The first kappa shape index (κ1) is 16.8. The molecule has 1 aromatic carbocycles. The number of anilines is 1. The van der Waals surface area contributed by atoms with E-state index in [2.05, 4.69) is 15.3 Å². The molecule has 6 nitrogen and oxygen atoms in total. The number of carbonyl (C=O) groups is 2. The number of aromatic nitrogens is 2. The lowest BCUT2D eigenvalue weighted by atomic mass is 9.85. The summed E-state index contributed by atoms with van der Waals surface area (Å²) in [6.45, 7) is 5.31. The topological polar surface area (TPSA) is 78.1 Å². The number of H-pyrrole nitrogens is 1. The second-order valence-corrected chi connectivity index (χ2v) is 7.82. The van der Waals surface area contributed by atoms with Gasteiger partial charge in [-0.15, -0.1) is 0 Å². The number of fused-ring (bicyclic) bond motifs is 1. The van der Waals surface area contributed by atoms with Gasteiger partial charge in [-0.1, -0.05) is 0 Å². The zero-order chi connectivity index (χ0) is 18.3. The van der Waals surface area contributed by atoms with E-state index in [9.17, 15) is 9.59 Å². The van der Waals surface area contributed by atoms with Crippen LogP contribution in [0.1, 0.15) is 48.4 Å². The van der Waals surface area contributed by atoms with E-state index in [1.165, 1.54) is 0 Å². The molecule has 4 rings (SSSR count). The van der Waals surface area contributed by atoms with E-state index in [1.807, 2.05) is 43.1 Å². The summed E-state index contributed by atoms with van der Waals surface area (Å²) in [6.07, 6.45) is 6.55. The maximum atomic E-state index is 12.9. The third kappa shape index (κ3) is 2.89. The molecule has 2 aliphatic heterocycles. The number of nitrogens with zero attached hydrogens (tertiary/aromatic N) is 2. The van der Waals surface area contributed by atoms with Crippen molar-refractivity contribution in [3.05, 3.63) is 47.5 Å². The van der Waals surface area contributed by atoms with Gasteiger partial charge in [0, 0.05) is 43.2 Å². The maximum Gasteiger partial charge on any atom is 0.253 e. The van der Waals surface area contributed by atoms with E-state index < -0.39 is 5.41 Å². The molecule has 0 unspecified atom stereocenters. The maximum absolute atomic E-state index is 12.9. The summed E-state index contributed by atoms with van der Waals surface area (Å²) in [5.74, 6) is 1.62. The summed E-state index contributed by atoms with van der Waals surface area (Å²) in [5.41, 5.74) is 1.79. The molecule has 1 saturated heterocycles. The standard InChI is InChI=1S/C20H24N4O2/c1-20(2)15-12-14(3-4-16(15)23-19(20)26)18(25)24-9-5-13(6-10-24)11-17-21-7-8-22-17/h3-4,7-8,12-13H,5-6,9-11H2,1-2H3,(H,21,22)(H,23,26). The van der Waals surface area contributed by atoms with Gasteiger partial charge in [0.2, 0.25) is 5.91 Å². The average Bonchev–Trinajstić information content (AvgIpc) is 3.22. The molecule has 0 bridgehead atoms. The quantitative estimate of drug-likeness (QED) is 0.891. The molecule has 2 N–H and O–H groups in total. The zero-order valence-corrected chi connectivity index (χ0v) is 15.2. The van der Waals surface area contributed by atoms with Crippen molar-refractivity contribution in [3.8, 4) is 0 Å². The third-order valence-corrected chi connectivity index (χ3v) is 5.69. The Kier molecular flexibility index (Phi) is 4.05. The van der Waals surface area contributed by atoms with Gasteiger partial charge in [0.05, 0.1) is 5.41 Å². The highest BCUT2D eigenvalue weighted by Crippen LogP contribution is 2.38. The van der Waals surface area contributed by atoms with Crippen LogP contribution in [0.5, 0.6) is 0 Å². The molecule has 6 heteroatoms. The molecule has 2 aliphatic rings. The average molecular weight is 352 g/mol. The highest BCUT2D eigenvalue weighted by atomic mass is 16.2. The predicted octanol–water partition coefficient (Wildman–Crippen LogP) is 2.73. The lowest BCUT2D eigenvalue weighted by Gasteiger charge is -2.32. The molecule has 0 radical (unpaired) electrons. The molecule has 0 saturated carbocycles.